The highest BCUT2D eigenvalue weighted by atomic mass is 16.4. The van der Waals surface area contributed by atoms with E-state index < -0.39 is 42.2 Å². The number of carboxylic acid groups (broad SMARTS) is 1. The Hall–Kier alpha value is -3.75. The topological polar surface area (TPSA) is 171 Å². The Kier molecular flexibility index (Phi) is 10.0. The van der Waals surface area contributed by atoms with Crippen LogP contribution in [-0.4, -0.2) is 164 Å². The summed E-state index contributed by atoms with van der Waals surface area (Å²) in [5.74, 6) is -2.39. The molecular weight excluding hydrogens is 646 g/mol. The van der Waals surface area contributed by atoms with Crippen molar-refractivity contribution in [2.24, 2.45) is 0 Å². The van der Waals surface area contributed by atoms with Crippen LogP contribution in [-0.2, 0) is 33.6 Å². The van der Waals surface area contributed by atoms with Crippen LogP contribution in [0.4, 0.5) is 0 Å². The zero-order valence-corrected chi connectivity index (χ0v) is 28.9. The van der Waals surface area contributed by atoms with E-state index in [4.69, 9.17) is 0 Å². The second kappa shape index (κ2) is 14.5. The van der Waals surface area contributed by atoms with Gasteiger partial charge < -0.3 is 39.8 Å². The molecular formula is C35H51N7O8. The quantitative estimate of drug-likeness (QED) is 0.365. The summed E-state index contributed by atoms with van der Waals surface area (Å²) in [6, 6.07) is -4.62. The normalized spacial score (nSPS) is 32.8. The first kappa shape index (κ1) is 34.7. The molecule has 7 atom stereocenters. The molecule has 0 aromatic heterocycles. The largest absolute Gasteiger partial charge is 0.480 e. The van der Waals surface area contributed by atoms with Crippen molar-refractivity contribution >= 4 is 41.4 Å². The first-order valence-electron chi connectivity index (χ1n) is 19.0. The molecule has 0 aromatic rings. The molecule has 274 valence electrons. The molecule has 0 spiro atoms. The summed E-state index contributed by atoms with van der Waals surface area (Å²) in [5, 5.41) is 12.9. The number of hydrogen-bond donors (Lipinski definition) is 2. The second-order valence-electron chi connectivity index (χ2n) is 15.1. The average Bonchev–Trinajstić information content (AvgIpc) is 3.98. The van der Waals surface area contributed by atoms with Crippen LogP contribution in [0.15, 0.2) is 0 Å². The van der Waals surface area contributed by atoms with Gasteiger partial charge in [-0.25, -0.2) is 4.79 Å². The van der Waals surface area contributed by atoms with E-state index in [0.29, 0.717) is 110 Å². The summed E-state index contributed by atoms with van der Waals surface area (Å²) < 4.78 is 0. The van der Waals surface area contributed by atoms with Gasteiger partial charge >= 0.3 is 5.97 Å². The number of amides is 6. The molecule has 2 N–H and O–H groups in total. The van der Waals surface area contributed by atoms with Gasteiger partial charge in [0, 0.05) is 39.3 Å². The first-order valence-corrected chi connectivity index (χ1v) is 19.0. The molecule has 7 aliphatic rings. The number of carbonyl (C=O) groups is 7. The van der Waals surface area contributed by atoms with Crippen LogP contribution in [0.1, 0.15) is 89.9 Å². The van der Waals surface area contributed by atoms with Crippen LogP contribution in [0.3, 0.4) is 0 Å². The van der Waals surface area contributed by atoms with Gasteiger partial charge in [0.15, 0.2) is 0 Å². The maximum absolute atomic E-state index is 14.2. The van der Waals surface area contributed by atoms with Crippen LogP contribution >= 0.6 is 0 Å². The molecule has 0 aromatic carbocycles. The van der Waals surface area contributed by atoms with E-state index in [1.807, 2.05) is 0 Å². The van der Waals surface area contributed by atoms with Gasteiger partial charge in [0.2, 0.25) is 35.4 Å². The van der Waals surface area contributed by atoms with Crippen molar-refractivity contribution in [2.45, 2.75) is 132 Å². The molecule has 7 rings (SSSR count). The molecule has 7 heterocycles. The fourth-order valence-electron chi connectivity index (χ4n) is 9.78. The van der Waals surface area contributed by atoms with Crippen LogP contribution in [0.2, 0.25) is 0 Å². The highest BCUT2D eigenvalue weighted by Gasteiger charge is 2.50. The molecule has 0 bridgehead atoms. The Balaban J connectivity index is 1.01. The molecule has 15 nitrogen and oxygen atoms in total. The van der Waals surface area contributed by atoms with E-state index >= 15 is 0 Å². The summed E-state index contributed by atoms with van der Waals surface area (Å²) in [4.78, 5) is 104. The Morgan fingerprint density at radius 3 is 0.940 bits per heavy atom. The van der Waals surface area contributed by atoms with Gasteiger partial charge in [0.25, 0.3) is 0 Å². The number of hydrogen-bond acceptors (Lipinski definition) is 8. The van der Waals surface area contributed by atoms with Crippen molar-refractivity contribution in [3.8, 4) is 0 Å². The molecule has 6 amide bonds. The minimum atomic E-state index is -1.03. The number of carboxylic acids is 1. The van der Waals surface area contributed by atoms with Crippen molar-refractivity contribution in [3.63, 3.8) is 0 Å². The van der Waals surface area contributed by atoms with Crippen LogP contribution in [0, 0.1) is 0 Å². The Bertz CT molecular complexity index is 1400. The lowest BCUT2D eigenvalue weighted by Crippen LogP contribution is -2.58. The second-order valence-corrected chi connectivity index (χ2v) is 15.1. The average molecular weight is 698 g/mol. The number of nitrogens with one attached hydrogen (secondary N) is 1. The lowest BCUT2D eigenvalue weighted by Gasteiger charge is -2.37. The zero-order valence-electron chi connectivity index (χ0n) is 28.9. The summed E-state index contributed by atoms with van der Waals surface area (Å²) in [6.07, 6.45) is 8.46. The van der Waals surface area contributed by atoms with Crippen LogP contribution < -0.4 is 5.32 Å². The summed E-state index contributed by atoms with van der Waals surface area (Å²) in [7, 11) is 0. The van der Waals surface area contributed by atoms with Crippen molar-refractivity contribution in [1.82, 2.24) is 34.7 Å². The van der Waals surface area contributed by atoms with Gasteiger partial charge in [-0.05, 0) is 96.4 Å². The Morgan fingerprint density at radius 2 is 0.660 bits per heavy atom. The highest BCUT2D eigenvalue weighted by molar-refractivity contribution is 5.98. The van der Waals surface area contributed by atoms with E-state index in [-0.39, 0.29) is 41.5 Å². The molecule has 0 saturated carbocycles. The molecule has 0 unspecified atom stereocenters. The lowest BCUT2D eigenvalue weighted by atomic mass is 10.1. The molecule has 15 heteroatoms. The molecule has 7 saturated heterocycles. The van der Waals surface area contributed by atoms with Gasteiger partial charge in [0.05, 0.1) is 6.04 Å². The fraction of sp³-hybridized carbons (Fsp3) is 0.800. The first-order chi connectivity index (χ1) is 24.2. The maximum Gasteiger partial charge on any atom is 0.326 e. The summed E-state index contributed by atoms with van der Waals surface area (Å²) in [6.45, 7) is 3.26. The predicted molar refractivity (Wildman–Crippen MR) is 177 cm³/mol. The zero-order chi connectivity index (χ0) is 35.1. The summed E-state index contributed by atoms with van der Waals surface area (Å²) >= 11 is 0. The number of likely N-dealkylation sites (tertiary alicyclic amines) is 6. The van der Waals surface area contributed by atoms with E-state index in [2.05, 4.69) is 5.32 Å². The number of rotatable bonds is 7. The van der Waals surface area contributed by atoms with Crippen LogP contribution in [0.25, 0.3) is 0 Å². The predicted octanol–water partition coefficient (Wildman–Crippen LogP) is -0.231. The third kappa shape index (κ3) is 6.23. The van der Waals surface area contributed by atoms with Crippen molar-refractivity contribution in [1.29, 1.82) is 0 Å². The SMILES string of the molecule is O=C(O)[C@@H]1CCCN1C(=O)[C@@H]1CCCN1C(=O)[C@@H]1CCCN1C(=O)[C@@H]1CCCN1C(=O)[C@@H]1CCCN1C(=O)[C@@H]1CCCN1C(=O)[C@@H]1CCCN1. The monoisotopic (exact) mass is 697 g/mol. The number of nitrogens with zero attached hydrogens (tertiary/aromatic N) is 6. The molecule has 0 radical (unpaired) electrons. The molecule has 7 aliphatic heterocycles. The number of carbonyl (C=O) groups excluding carboxylic acids is 6. The number of aliphatic carboxylic acids is 1. The van der Waals surface area contributed by atoms with Crippen LogP contribution in [0.5, 0.6) is 0 Å². The van der Waals surface area contributed by atoms with E-state index in [1.165, 1.54) is 4.90 Å². The third-order valence-electron chi connectivity index (χ3n) is 12.3. The fourth-order valence-corrected chi connectivity index (χ4v) is 9.78. The van der Waals surface area contributed by atoms with E-state index in [9.17, 15) is 38.7 Å². The van der Waals surface area contributed by atoms with Gasteiger partial charge in [-0.2, -0.15) is 0 Å². The van der Waals surface area contributed by atoms with E-state index in [1.54, 1.807) is 24.5 Å². The molecule has 7 fully saturated rings. The minimum Gasteiger partial charge on any atom is -0.480 e. The molecule has 50 heavy (non-hydrogen) atoms. The summed E-state index contributed by atoms with van der Waals surface area (Å²) in [5.41, 5.74) is 0. The standard InChI is InChI=1S/C35H51N7O8/c43-29(22-8-1-15-36-22)37-16-2-9-23(37)30(44)38-17-3-10-24(38)31(45)39-18-4-11-25(39)32(46)40-19-5-12-26(40)33(47)41-20-6-13-27(41)34(48)42-21-7-14-28(42)35(49)50/h22-28,36H,1-21H2,(H,49,50)/t22-,23-,24-,25-,26-,27-,28-/m0/s1. The van der Waals surface area contributed by atoms with Crippen molar-refractivity contribution in [2.75, 3.05) is 45.8 Å². The van der Waals surface area contributed by atoms with Gasteiger partial charge in [-0.3, -0.25) is 28.8 Å². The third-order valence-corrected chi connectivity index (χ3v) is 12.3. The Morgan fingerprint density at radius 1 is 0.380 bits per heavy atom. The van der Waals surface area contributed by atoms with E-state index in [0.717, 1.165) is 25.8 Å². The Labute approximate surface area is 292 Å². The maximum atomic E-state index is 14.2. The van der Waals surface area contributed by atoms with Crippen molar-refractivity contribution < 1.29 is 38.7 Å². The van der Waals surface area contributed by atoms with Crippen molar-refractivity contribution in [3.05, 3.63) is 0 Å². The lowest BCUT2D eigenvalue weighted by molar-refractivity contribution is -0.155. The van der Waals surface area contributed by atoms with Gasteiger partial charge in [0.1, 0.15) is 36.3 Å². The molecule has 0 aliphatic carbocycles. The van der Waals surface area contributed by atoms with Gasteiger partial charge in [-0.1, -0.05) is 0 Å². The van der Waals surface area contributed by atoms with Gasteiger partial charge in [-0.15, -0.1) is 0 Å². The highest BCUT2D eigenvalue weighted by Crippen LogP contribution is 2.33. The minimum absolute atomic E-state index is 0.0366. The smallest absolute Gasteiger partial charge is 0.326 e.